The molecule has 1 saturated heterocycles. The standard InChI is InChI=1S/C15H22F3N3/c1-11(2)20-10-12-4-3-7-19-14(12)21-8-5-13(6-9-21)15(16,17)18/h3-4,7,11,13,20H,5-6,8-10H2,1-2H3. The molecule has 0 bridgehead atoms. The third-order valence-electron chi connectivity index (χ3n) is 3.83. The maximum absolute atomic E-state index is 12.7. The van der Waals surface area contributed by atoms with Crippen molar-refractivity contribution in [3.8, 4) is 0 Å². The fourth-order valence-electron chi connectivity index (χ4n) is 2.59. The summed E-state index contributed by atoms with van der Waals surface area (Å²) >= 11 is 0. The number of pyridine rings is 1. The van der Waals surface area contributed by atoms with E-state index in [1.54, 1.807) is 6.20 Å². The summed E-state index contributed by atoms with van der Waals surface area (Å²) in [7, 11) is 0. The maximum Gasteiger partial charge on any atom is 0.391 e. The second-order valence-corrected chi connectivity index (χ2v) is 5.82. The van der Waals surface area contributed by atoms with E-state index in [9.17, 15) is 13.2 Å². The van der Waals surface area contributed by atoms with Crippen molar-refractivity contribution in [3.05, 3.63) is 23.9 Å². The molecule has 0 unspecified atom stereocenters. The van der Waals surface area contributed by atoms with Gasteiger partial charge in [0.1, 0.15) is 5.82 Å². The van der Waals surface area contributed by atoms with E-state index in [2.05, 4.69) is 24.1 Å². The Balaban J connectivity index is 2.03. The number of alkyl halides is 3. The average molecular weight is 301 g/mol. The number of piperidine rings is 1. The molecule has 3 nitrogen and oxygen atoms in total. The molecule has 0 aromatic carbocycles. The van der Waals surface area contributed by atoms with Gasteiger partial charge in [-0.2, -0.15) is 13.2 Å². The summed E-state index contributed by atoms with van der Waals surface area (Å²) < 4.78 is 38.1. The minimum Gasteiger partial charge on any atom is -0.356 e. The Morgan fingerprint density at radius 3 is 2.57 bits per heavy atom. The van der Waals surface area contributed by atoms with Crippen LogP contribution >= 0.6 is 0 Å². The van der Waals surface area contributed by atoms with E-state index in [1.165, 1.54) is 0 Å². The highest BCUT2D eigenvalue weighted by Gasteiger charge is 2.41. The molecular formula is C15H22F3N3. The number of rotatable bonds is 4. The number of hydrogen-bond donors (Lipinski definition) is 1. The van der Waals surface area contributed by atoms with Gasteiger partial charge >= 0.3 is 6.18 Å². The molecule has 1 fully saturated rings. The monoisotopic (exact) mass is 301 g/mol. The van der Waals surface area contributed by atoms with Crippen LogP contribution in [-0.4, -0.2) is 30.3 Å². The molecule has 0 atom stereocenters. The van der Waals surface area contributed by atoms with Crippen LogP contribution in [0.1, 0.15) is 32.3 Å². The molecule has 0 saturated carbocycles. The highest BCUT2D eigenvalue weighted by molar-refractivity contribution is 5.47. The summed E-state index contributed by atoms with van der Waals surface area (Å²) in [4.78, 5) is 6.34. The first-order valence-corrected chi connectivity index (χ1v) is 7.37. The van der Waals surface area contributed by atoms with Gasteiger partial charge in [-0.15, -0.1) is 0 Å². The molecule has 1 N–H and O–H groups in total. The van der Waals surface area contributed by atoms with Gasteiger partial charge in [-0.25, -0.2) is 4.98 Å². The number of hydrogen-bond acceptors (Lipinski definition) is 3. The van der Waals surface area contributed by atoms with Gasteiger partial charge in [-0.05, 0) is 18.9 Å². The van der Waals surface area contributed by atoms with Gasteiger partial charge in [0, 0.05) is 37.4 Å². The molecule has 6 heteroatoms. The summed E-state index contributed by atoms with van der Waals surface area (Å²) in [5.74, 6) is -0.360. The van der Waals surface area contributed by atoms with E-state index in [4.69, 9.17) is 0 Å². The van der Waals surface area contributed by atoms with E-state index in [-0.39, 0.29) is 12.8 Å². The van der Waals surface area contributed by atoms with Crippen LogP contribution in [0.2, 0.25) is 0 Å². The zero-order valence-corrected chi connectivity index (χ0v) is 12.5. The van der Waals surface area contributed by atoms with Crippen LogP contribution in [0.5, 0.6) is 0 Å². The van der Waals surface area contributed by atoms with Crippen molar-refractivity contribution in [2.75, 3.05) is 18.0 Å². The van der Waals surface area contributed by atoms with Crippen LogP contribution in [-0.2, 0) is 6.54 Å². The van der Waals surface area contributed by atoms with E-state index in [1.807, 2.05) is 17.0 Å². The summed E-state index contributed by atoms with van der Waals surface area (Å²) in [5, 5.41) is 3.33. The van der Waals surface area contributed by atoms with Gasteiger partial charge in [0.2, 0.25) is 0 Å². The predicted molar refractivity (Wildman–Crippen MR) is 77.2 cm³/mol. The zero-order valence-electron chi connectivity index (χ0n) is 12.5. The highest BCUT2D eigenvalue weighted by atomic mass is 19.4. The SMILES string of the molecule is CC(C)NCc1cccnc1N1CCC(C(F)(F)F)CC1. The van der Waals surface area contributed by atoms with Gasteiger partial charge < -0.3 is 10.2 Å². The smallest absolute Gasteiger partial charge is 0.356 e. The molecular weight excluding hydrogens is 279 g/mol. The first kappa shape index (κ1) is 16.1. The first-order valence-electron chi connectivity index (χ1n) is 7.37. The third kappa shape index (κ3) is 4.33. The Labute approximate surface area is 123 Å². The van der Waals surface area contributed by atoms with Crippen molar-refractivity contribution in [3.63, 3.8) is 0 Å². The Hall–Kier alpha value is -1.30. The fourth-order valence-corrected chi connectivity index (χ4v) is 2.59. The van der Waals surface area contributed by atoms with E-state index in [0.717, 1.165) is 11.4 Å². The number of aromatic nitrogens is 1. The van der Waals surface area contributed by atoms with Crippen molar-refractivity contribution in [2.24, 2.45) is 5.92 Å². The lowest BCUT2D eigenvalue weighted by molar-refractivity contribution is -0.179. The van der Waals surface area contributed by atoms with Crippen LogP contribution in [0.25, 0.3) is 0 Å². The predicted octanol–water partition coefficient (Wildman–Crippen LogP) is 3.36. The fraction of sp³-hybridized carbons (Fsp3) is 0.667. The molecule has 0 aliphatic carbocycles. The van der Waals surface area contributed by atoms with Crippen LogP contribution in [0, 0.1) is 5.92 Å². The van der Waals surface area contributed by atoms with Gasteiger partial charge in [0.05, 0.1) is 5.92 Å². The number of halogens is 3. The van der Waals surface area contributed by atoms with Gasteiger partial charge in [-0.3, -0.25) is 0 Å². The Morgan fingerprint density at radius 1 is 1.33 bits per heavy atom. The number of nitrogens with zero attached hydrogens (tertiary/aromatic N) is 2. The number of nitrogens with one attached hydrogen (secondary N) is 1. The lowest BCUT2D eigenvalue weighted by atomic mass is 9.96. The van der Waals surface area contributed by atoms with E-state index >= 15 is 0 Å². The van der Waals surface area contributed by atoms with E-state index < -0.39 is 12.1 Å². The molecule has 0 spiro atoms. The molecule has 21 heavy (non-hydrogen) atoms. The van der Waals surface area contributed by atoms with Crippen molar-refractivity contribution in [2.45, 2.75) is 45.5 Å². The number of anilines is 1. The minimum atomic E-state index is -4.07. The molecule has 1 aliphatic heterocycles. The van der Waals surface area contributed by atoms with Crippen LogP contribution < -0.4 is 10.2 Å². The molecule has 118 valence electrons. The van der Waals surface area contributed by atoms with Gasteiger partial charge in [0.25, 0.3) is 0 Å². The molecule has 1 aliphatic rings. The van der Waals surface area contributed by atoms with Gasteiger partial charge in [-0.1, -0.05) is 19.9 Å². The topological polar surface area (TPSA) is 28.2 Å². The first-order chi connectivity index (χ1) is 9.88. The lowest BCUT2D eigenvalue weighted by Gasteiger charge is -2.34. The van der Waals surface area contributed by atoms with Crippen LogP contribution in [0.4, 0.5) is 19.0 Å². The largest absolute Gasteiger partial charge is 0.391 e. The summed E-state index contributed by atoms with van der Waals surface area (Å²) in [6.45, 7) is 5.63. The van der Waals surface area contributed by atoms with Crippen molar-refractivity contribution < 1.29 is 13.2 Å². The van der Waals surface area contributed by atoms with Crippen molar-refractivity contribution in [1.29, 1.82) is 0 Å². The maximum atomic E-state index is 12.7. The summed E-state index contributed by atoms with van der Waals surface area (Å²) in [6, 6.07) is 4.20. The molecule has 1 aromatic heterocycles. The summed E-state index contributed by atoms with van der Waals surface area (Å²) in [5.41, 5.74) is 1.04. The third-order valence-corrected chi connectivity index (χ3v) is 3.83. The molecule has 1 aromatic rings. The second-order valence-electron chi connectivity index (χ2n) is 5.82. The Kier molecular flexibility index (Phi) is 5.08. The molecule has 0 radical (unpaired) electrons. The Morgan fingerprint density at radius 2 is 2.00 bits per heavy atom. The van der Waals surface area contributed by atoms with Crippen molar-refractivity contribution in [1.82, 2.24) is 10.3 Å². The highest BCUT2D eigenvalue weighted by Crippen LogP contribution is 2.35. The Bertz CT molecular complexity index is 452. The summed E-state index contributed by atoms with van der Waals surface area (Å²) in [6.07, 6.45) is -2.07. The van der Waals surface area contributed by atoms with Gasteiger partial charge in [0.15, 0.2) is 0 Å². The van der Waals surface area contributed by atoms with Crippen LogP contribution in [0.15, 0.2) is 18.3 Å². The molecule has 2 rings (SSSR count). The zero-order chi connectivity index (χ0) is 15.5. The quantitative estimate of drug-likeness (QED) is 0.924. The lowest BCUT2D eigenvalue weighted by Crippen LogP contribution is -2.40. The minimum absolute atomic E-state index is 0.150. The normalized spacial score (nSPS) is 17.5. The molecule has 2 heterocycles. The van der Waals surface area contributed by atoms with E-state index in [0.29, 0.717) is 25.7 Å². The second kappa shape index (κ2) is 6.64. The average Bonchev–Trinajstić information content (AvgIpc) is 2.44. The molecule has 0 amide bonds. The van der Waals surface area contributed by atoms with Crippen LogP contribution in [0.3, 0.4) is 0 Å². The van der Waals surface area contributed by atoms with Crippen molar-refractivity contribution >= 4 is 5.82 Å².